The van der Waals surface area contributed by atoms with Crippen LogP contribution in [0.2, 0.25) is 0 Å². The second kappa shape index (κ2) is 7.21. The SMILES string of the molecule is O=C(c1cc(F)cc(F)c1)N1CC2(CC[C@H](CN3CCOCC3)CO2)C1. The van der Waals surface area contributed by atoms with Crippen LogP contribution in [0, 0.1) is 17.6 Å². The van der Waals surface area contributed by atoms with Gasteiger partial charge in [0.05, 0.1) is 32.9 Å². The van der Waals surface area contributed by atoms with Crippen LogP contribution in [-0.2, 0) is 9.47 Å². The normalized spacial score (nSPS) is 25.9. The van der Waals surface area contributed by atoms with Gasteiger partial charge in [-0.1, -0.05) is 0 Å². The van der Waals surface area contributed by atoms with Crippen molar-refractivity contribution in [3.05, 3.63) is 35.4 Å². The molecule has 26 heavy (non-hydrogen) atoms. The average Bonchev–Trinajstić information content (AvgIpc) is 2.60. The molecule has 0 aromatic heterocycles. The summed E-state index contributed by atoms with van der Waals surface area (Å²) >= 11 is 0. The second-order valence-electron chi connectivity index (χ2n) is 7.63. The molecule has 3 aliphatic rings. The van der Waals surface area contributed by atoms with Crippen molar-refractivity contribution in [2.75, 3.05) is 52.5 Å². The van der Waals surface area contributed by atoms with Gasteiger partial charge in [0.15, 0.2) is 0 Å². The van der Waals surface area contributed by atoms with E-state index < -0.39 is 11.6 Å². The summed E-state index contributed by atoms with van der Waals surface area (Å²) in [7, 11) is 0. The lowest BCUT2D eigenvalue weighted by molar-refractivity contribution is -0.169. The number of nitrogens with zero attached hydrogens (tertiary/aromatic N) is 2. The Morgan fingerprint density at radius 3 is 2.46 bits per heavy atom. The van der Waals surface area contributed by atoms with Crippen LogP contribution in [0.25, 0.3) is 0 Å². The van der Waals surface area contributed by atoms with Gasteiger partial charge in [-0.05, 0) is 30.9 Å². The van der Waals surface area contributed by atoms with Crippen LogP contribution in [0.4, 0.5) is 8.78 Å². The van der Waals surface area contributed by atoms with Gasteiger partial charge in [0, 0.05) is 31.3 Å². The number of benzene rings is 1. The van der Waals surface area contributed by atoms with Crippen molar-refractivity contribution in [1.29, 1.82) is 0 Å². The molecule has 3 heterocycles. The highest BCUT2D eigenvalue weighted by atomic mass is 19.1. The van der Waals surface area contributed by atoms with Gasteiger partial charge in [-0.2, -0.15) is 0 Å². The van der Waals surface area contributed by atoms with E-state index >= 15 is 0 Å². The maximum atomic E-state index is 13.3. The molecular formula is C19H24F2N2O3. The van der Waals surface area contributed by atoms with Crippen molar-refractivity contribution in [2.24, 2.45) is 5.92 Å². The minimum Gasteiger partial charge on any atom is -0.379 e. The van der Waals surface area contributed by atoms with E-state index in [0.29, 0.717) is 25.6 Å². The molecule has 1 atom stereocenters. The van der Waals surface area contributed by atoms with E-state index in [9.17, 15) is 13.6 Å². The zero-order valence-corrected chi connectivity index (χ0v) is 14.8. The fourth-order valence-corrected chi connectivity index (χ4v) is 4.11. The number of carbonyl (C=O) groups excluding carboxylic acids is 1. The Hall–Kier alpha value is -1.57. The molecule has 1 spiro atoms. The summed E-state index contributed by atoms with van der Waals surface area (Å²) in [5.74, 6) is -1.29. The third-order valence-corrected chi connectivity index (χ3v) is 5.61. The summed E-state index contributed by atoms with van der Waals surface area (Å²) in [6.07, 6.45) is 2.00. The van der Waals surface area contributed by atoms with E-state index in [-0.39, 0.29) is 17.1 Å². The maximum Gasteiger partial charge on any atom is 0.254 e. The summed E-state index contributed by atoms with van der Waals surface area (Å²) in [4.78, 5) is 16.4. The molecule has 0 unspecified atom stereocenters. The molecule has 0 N–H and O–H groups in total. The van der Waals surface area contributed by atoms with Crippen LogP contribution in [0.3, 0.4) is 0 Å². The third kappa shape index (κ3) is 3.75. The number of rotatable bonds is 3. The lowest BCUT2D eigenvalue weighted by atomic mass is 9.82. The topological polar surface area (TPSA) is 42.0 Å². The third-order valence-electron chi connectivity index (χ3n) is 5.61. The highest BCUT2D eigenvalue weighted by Gasteiger charge is 2.48. The van der Waals surface area contributed by atoms with Gasteiger partial charge in [0.2, 0.25) is 0 Å². The average molecular weight is 366 g/mol. The van der Waals surface area contributed by atoms with E-state index in [1.807, 2.05) is 0 Å². The molecule has 5 nitrogen and oxygen atoms in total. The quantitative estimate of drug-likeness (QED) is 0.820. The highest BCUT2D eigenvalue weighted by Crippen LogP contribution is 2.37. The van der Waals surface area contributed by atoms with Crippen molar-refractivity contribution >= 4 is 5.91 Å². The van der Waals surface area contributed by atoms with E-state index in [0.717, 1.165) is 63.9 Å². The molecule has 7 heteroatoms. The highest BCUT2D eigenvalue weighted by molar-refractivity contribution is 5.95. The van der Waals surface area contributed by atoms with Crippen LogP contribution in [-0.4, -0.2) is 73.9 Å². The van der Waals surface area contributed by atoms with Gasteiger partial charge in [-0.3, -0.25) is 9.69 Å². The van der Waals surface area contributed by atoms with Crippen LogP contribution in [0.15, 0.2) is 18.2 Å². The molecule has 3 saturated heterocycles. The lowest BCUT2D eigenvalue weighted by Crippen LogP contribution is -2.66. The fourth-order valence-electron chi connectivity index (χ4n) is 4.11. The van der Waals surface area contributed by atoms with Crippen molar-refractivity contribution in [3.63, 3.8) is 0 Å². The number of hydrogen-bond donors (Lipinski definition) is 0. The van der Waals surface area contributed by atoms with E-state index in [1.165, 1.54) is 0 Å². The molecule has 0 aliphatic carbocycles. The Morgan fingerprint density at radius 1 is 1.15 bits per heavy atom. The molecule has 3 aliphatic heterocycles. The summed E-state index contributed by atoms with van der Waals surface area (Å²) in [5.41, 5.74) is -0.221. The Balaban J connectivity index is 1.27. The standard InChI is InChI=1S/C19H24F2N2O3/c20-16-7-15(8-17(21)9-16)18(24)23-12-19(13-23)2-1-14(11-26-19)10-22-3-5-25-6-4-22/h7-9,14H,1-6,10-13H2/t14-/m1/s1. The number of ether oxygens (including phenoxy) is 2. The molecule has 142 valence electrons. The van der Waals surface area contributed by atoms with Crippen LogP contribution in [0.5, 0.6) is 0 Å². The van der Waals surface area contributed by atoms with Crippen molar-refractivity contribution in [2.45, 2.75) is 18.4 Å². The van der Waals surface area contributed by atoms with Gasteiger partial charge >= 0.3 is 0 Å². The fraction of sp³-hybridized carbons (Fsp3) is 0.632. The van der Waals surface area contributed by atoms with Gasteiger partial charge < -0.3 is 14.4 Å². The van der Waals surface area contributed by atoms with Crippen molar-refractivity contribution in [3.8, 4) is 0 Å². The maximum absolute atomic E-state index is 13.3. The first-order chi connectivity index (χ1) is 12.5. The zero-order chi connectivity index (χ0) is 18.1. The Bertz CT molecular complexity index is 642. The number of halogens is 2. The van der Waals surface area contributed by atoms with E-state index in [1.54, 1.807) is 4.90 Å². The first-order valence-electron chi connectivity index (χ1n) is 9.22. The Morgan fingerprint density at radius 2 is 1.85 bits per heavy atom. The predicted molar refractivity (Wildman–Crippen MR) is 90.9 cm³/mol. The summed E-state index contributed by atoms with van der Waals surface area (Å²) in [5, 5.41) is 0. The number of hydrogen-bond acceptors (Lipinski definition) is 4. The molecule has 1 aromatic carbocycles. The van der Waals surface area contributed by atoms with Crippen molar-refractivity contribution < 1.29 is 23.0 Å². The molecule has 0 radical (unpaired) electrons. The molecule has 1 amide bonds. The number of likely N-dealkylation sites (tertiary alicyclic amines) is 1. The number of morpholine rings is 1. The van der Waals surface area contributed by atoms with Crippen LogP contribution in [0.1, 0.15) is 23.2 Å². The largest absolute Gasteiger partial charge is 0.379 e. The van der Waals surface area contributed by atoms with Crippen molar-refractivity contribution in [1.82, 2.24) is 9.80 Å². The van der Waals surface area contributed by atoms with Gasteiger partial charge in [-0.25, -0.2) is 8.78 Å². The molecule has 1 aromatic rings. The minimum atomic E-state index is -0.733. The zero-order valence-electron chi connectivity index (χ0n) is 14.8. The van der Waals surface area contributed by atoms with E-state index in [2.05, 4.69) is 4.90 Å². The van der Waals surface area contributed by atoms with Gasteiger partial charge in [0.25, 0.3) is 5.91 Å². The first kappa shape index (κ1) is 17.8. The molecule has 4 rings (SSSR count). The predicted octanol–water partition coefficient (Wildman–Crippen LogP) is 1.92. The summed E-state index contributed by atoms with van der Waals surface area (Å²) in [6, 6.07) is 2.93. The van der Waals surface area contributed by atoms with Gasteiger partial charge in [0.1, 0.15) is 17.2 Å². The van der Waals surface area contributed by atoms with Crippen LogP contribution < -0.4 is 0 Å². The lowest BCUT2D eigenvalue weighted by Gasteiger charge is -2.53. The minimum absolute atomic E-state index is 0.0540. The monoisotopic (exact) mass is 366 g/mol. The number of carbonyl (C=O) groups is 1. The van der Waals surface area contributed by atoms with Gasteiger partial charge in [-0.15, -0.1) is 0 Å². The summed E-state index contributed by atoms with van der Waals surface area (Å²) < 4.78 is 38.1. The molecule has 0 saturated carbocycles. The first-order valence-corrected chi connectivity index (χ1v) is 9.22. The molecular weight excluding hydrogens is 342 g/mol. The van der Waals surface area contributed by atoms with Crippen LogP contribution >= 0.6 is 0 Å². The Kier molecular flexibility index (Phi) is 4.94. The second-order valence-corrected chi connectivity index (χ2v) is 7.63. The number of amides is 1. The summed E-state index contributed by atoms with van der Waals surface area (Å²) in [6.45, 7) is 6.29. The molecule has 0 bridgehead atoms. The van der Waals surface area contributed by atoms with E-state index in [4.69, 9.17) is 9.47 Å². The smallest absolute Gasteiger partial charge is 0.254 e. The Labute approximate surface area is 151 Å². The molecule has 3 fully saturated rings.